The van der Waals surface area contributed by atoms with Gasteiger partial charge in [-0.15, -0.1) is 6.58 Å². The Labute approximate surface area is 105 Å². The molecule has 4 unspecified atom stereocenters. The molecule has 2 nitrogen and oxygen atoms in total. The van der Waals surface area contributed by atoms with Crippen LogP contribution in [0.2, 0.25) is 0 Å². The number of rotatable bonds is 4. The van der Waals surface area contributed by atoms with Crippen molar-refractivity contribution in [2.45, 2.75) is 52.2 Å². The van der Waals surface area contributed by atoms with Crippen LogP contribution in [0.25, 0.3) is 0 Å². The fourth-order valence-electron chi connectivity index (χ4n) is 3.05. The summed E-state index contributed by atoms with van der Waals surface area (Å²) >= 11 is 0. The van der Waals surface area contributed by atoms with E-state index < -0.39 is 11.7 Å². The summed E-state index contributed by atoms with van der Waals surface area (Å²) < 4.78 is 0. The van der Waals surface area contributed by atoms with Crippen molar-refractivity contribution in [2.75, 3.05) is 0 Å². The summed E-state index contributed by atoms with van der Waals surface area (Å²) in [6.45, 7) is 11.6. The monoisotopic (exact) mass is 238 g/mol. The van der Waals surface area contributed by atoms with Crippen LogP contribution in [0.5, 0.6) is 0 Å². The van der Waals surface area contributed by atoms with E-state index in [-0.39, 0.29) is 11.8 Å². The van der Waals surface area contributed by atoms with Crippen molar-refractivity contribution in [1.29, 1.82) is 0 Å². The molecule has 0 aromatic carbocycles. The van der Waals surface area contributed by atoms with Gasteiger partial charge in [0.25, 0.3) is 0 Å². The van der Waals surface area contributed by atoms with E-state index in [1.165, 1.54) is 5.57 Å². The summed E-state index contributed by atoms with van der Waals surface area (Å²) in [5.74, 6) is 0.757. The normalized spacial score (nSPS) is 31.9. The largest absolute Gasteiger partial charge is 0.390 e. The Morgan fingerprint density at radius 1 is 1.59 bits per heavy atom. The fraction of sp³-hybridized carbons (Fsp3) is 0.733. The first-order valence-electron chi connectivity index (χ1n) is 6.45. The summed E-state index contributed by atoms with van der Waals surface area (Å²) in [6.07, 6.45) is 5.12. The molecule has 0 saturated heterocycles. The van der Waals surface area contributed by atoms with Crippen LogP contribution in [-0.2, 0) is 0 Å². The van der Waals surface area contributed by atoms with Crippen LogP contribution in [0, 0.1) is 17.8 Å². The van der Waals surface area contributed by atoms with E-state index in [1.54, 1.807) is 0 Å². The smallest absolute Gasteiger partial charge is 0.0759 e. The molecular formula is C15H26O2. The van der Waals surface area contributed by atoms with Gasteiger partial charge in [0, 0.05) is 0 Å². The highest BCUT2D eigenvalue weighted by Gasteiger charge is 2.36. The third-order valence-corrected chi connectivity index (χ3v) is 3.72. The highest BCUT2D eigenvalue weighted by atomic mass is 16.3. The summed E-state index contributed by atoms with van der Waals surface area (Å²) in [4.78, 5) is 0. The molecule has 0 spiro atoms. The van der Waals surface area contributed by atoms with Gasteiger partial charge in [-0.3, -0.25) is 0 Å². The standard InChI is InChI=1S/C15H26O2/c1-6-11(3)14-12(9-15(4,5)17)7-10(2)8-13(14)16/h6,8,11-14,16-17H,1,7,9H2,2-5H3. The molecule has 4 atom stereocenters. The Morgan fingerprint density at radius 3 is 2.65 bits per heavy atom. The number of aliphatic hydroxyl groups excluding tert-OH is 1. The van der Waals surface area contributed by atoms with Gasteiger partial charge in [-0.1, -0.05) is 24.6 Å². The van der Waals surface area contributed by atoms with Crippen LogP contribution < -0.4 is 0 Å². The van der Waals surface area contributed by atoms with Gasteiger partial charge < -0.3 is 10.2 Å². The number of hydrogen-bond acceptors (Lipinski definition) is 2. The minimum atomic E-state index is -0.679. The lowest BCUT2D eigenvalue weighted by molar-refractivity contribution is 0.00711. The Morgan fingerprint density at radius 2 is 2.18 bits per heavy atom. The van der Waals surface area contributed by atoms with Gasteiger partial charge in [-0.05, 0) is 51.4 Å². The average Bonchev–Trinajstić information content (AvgIpc) is 2.13. The predicted molar refractivity (Wildman–Crippen MR) is 71.6 cm³/mol. The third kappa shape index (κ3) is 3.97. The van der Waals surface area contributed by atoms with E-state index in [2.05, 4.69) is 20.4 Å². The van der Waals surface area contributed by atoms with Crippen LogP contribution >= 0.6 is 0 Å². The number of hydrogen-bond donors (Lipinski definition) is 2. The molecule has 0 aromatic rings. The van der Waals surface area contributed by atoms with Crippen LogP contribution in [0.1, 0.15) is 40.5 Å². The maximum absolute atomic E-state index is 10.2. The molecule has 1 rings (SSSR count). The van der Waals surface area contributed by atoms with Crippen LogP contribution in [0.3, 0.4) is 0 Å². The lowest BCUT2D eigenvalue weighted by atomic mass is 9.69. The maximum atomic E-state index is 10.2. The van der Waals surface area contributed by atoms with Crippen molar-refractivity contribution >= 4 is 0 Å². The molecule has 17 heavy (non-hydrogen) atoms. The topological polar surface area (TPSA) is 40.5 Å². The lowest BCUT2D eigenvalue weighted by Gasteiger charge is -2.39. The minimum absolute atomic E-state index is 0.169. The zero-order valence-electron chi connectivity index (χ0n) is 11.5. The highest BCUT2D eigenvalue weighted by molar-refractivity contribution is 5.12. The highest BCUT2D eigenvalue weighted by Crippen LogP contribution is 2.39. The zero-order valence-corrected chi connectivity index (χ0v) is 11.5. The second kappa shape index (κ2) is 5.36. The first kappa shape index (κ1) is 14.5. The summed E-state index contributed by atoms with van der Waals surface area (Å²) in [5, 5.41) is 20.2. The molecule has 0 amide bonds. The van der Waals surface area contributed by atoms with Crippen LogP contribution in [0.4, 0.5) is 0 Å². The molecule has 0 radical (unpaired) electrons. The van der Waals surface area contributed by atoms with E-state index in [1.807, 2.05) is 26.0 Å². The summed E-state index contributed by atoms with van der Waals surface area (Å²) in [5.41, 5.74) is 0.542. The Kier molecular flexibility index (Phi) is 4.56. The molecule has 0 aliphatic heterocycles. The predicted octanol–water partition coefficient (Wildman–Crippen LogP) is 2.91. The second-order valence-electron chi connectivity index (χ2n) is 6.16. The third-order valence-electron chi connectivity index (χ3n) is 3.72. The molecule has 0 bridgehead atoms. The van der Waals surface area contributed by atoms with E-state index in [9.17, 15) is 10.2 Å². The van der Waals surface area contributed by atoms with Crippen molar-refractivity contribution in [3.63, 3.8) is 0 Å². The van der Waals surface area contributed by atoms with E-state index in [0.717, 1.165) is 12.8 Å². The van der Waals surface area contributed by atoms with Crippen LogP contribution in [0.15, 0.2) is 24.3 Å². The SMILES string of the molecule is C=CC(C)C1C(O)C=C(C)CC1CC(C)(C)O. The molecule has 1 aliphatic rings. The Bertz CT molecular complexity index is 299. The van der Waals surface area contributed by atoms with Crippen molar-refractivity contribution in [3.8, 4) is 0 Å². The van der Waals surface area contributed by atoms with E-state index in [4.69, 9.17) is 0 Å². The van der Waals surface area contributed by atoms with Crippen molar-refractivity contribution in [2.24, 2.45) is 17.8 Å². The van der Waals surface area contributed by atoms with Gasteiger partial charge >= 0.3 is 0 Å². The maximum Gasteiger partial charge on any atom is 0.0759 e. The van der Waals surface area contributed by atoms with Gasteiger partial charge in [0.1, 0.15) is 0 Å². The molecule has 1 aliphatic carbocycles. The molecule has 0 fully saturated rings. The van der Waals surface area contributed by atoms with Gasteiger partial charge in [-0.25, -0.2) is 0 Å². The average molecular weight is 238 g/mol. The molecule has 0 saturated carbocycles. The van der Waals surface area contributed by atoms with Gasteiger partial charge in [0.2, 0.25) is 0 Å². The van der Waals surface area contributed by atoms with Crippen LogP contribution in [-0.4, -0.2) is 21.9 Å². The minimum Gasteiger partial charge on any atom is -0.390 e. The fourth-order valence-corrected chi connectivity index (χ4v) is 3.05. The van der Waals surface area contributed by atoms with E-state index >= 15 is 0 Å². The Balaban J connectivity index is 2.90. The van der Waals surface area contributed by atoms with Crippen molar-refractivity contribution in [1.82, 2.24) is 0 Å². The number of aliphatic hydroxyl groups is 2. The molecule has 98 valence electrons. The lowest BCUT2D eigenvalue weighted by Crippen LogP contribution is -2.38. The molecular weight excluding hydrogens is 212 g/mol. The van der Waals surface area contributed by atoms with Gasteiger partial charge in [0.05, 0.1) is 11.7 Å². The molecule has 0 heterocycles. The molecule has 2 N–H and O–H groups in total. The number of allylic oxidation sites excluding steroid dienone is 2. The summed E-state index contributed by atoms with van der Waals surface area (Å²) in [6, 6.07) is 0. The first-order chi connectivity index (χ1) is 7.74. The zero-order chi connectivity index (χ0) is 13.2. The van der Waals surface area contributed by atoms with Crippen molar-refractivity contribution in [3.05, 3.63) is 24.3 Å². The quantitative estimate of drug-likeness (QED) is 0.739. The Hall–Kier alpha value is -0.600. The molecule has 0 aromatic heterocycles. The second-order valence-corrected chi connectivity index (χ2v) is 6.16. The van der Waals surface area contributed by atoms with E-state index in [0.29, 0.717) is 5.92 Å². The summed E-state index contributed by atoms with van der Waals surface area (Å²) in [7, 11) is 0. The van der Waals surface area contributed by atoms with Gasteiger partial charge in [0.15, 0.2) is 0 Å². The van der Waals surface area contributed by atoms with Crippen molar-refractivity contribution < 1.29 is 10.2 Å². The van der Waals surface area contributed by atoms with Gasteiger partial charge in [-0.2, -0.15) is 0 Å². The first-order valence-corrected chi connectivity index (χ1v) is 6.45. The molecule has 2 heteroatoms.